The molecule has 0 aliphatic rings. The molecule has 0 fully saturated rings. The van der Waals surface area contributed by atoms with Crippen molar-refractivity contribution in [3.8, 4) is 0 Å². The first-order valence-corrected chi connectivity index (χ1v) is 6.91. The molecule has 0 heterocycles. The summed E-state index contributed by atoms with van der Waals surface area (Å²) in [6, 6.07) is 11.6. The Morgan fingerprint density at radius 2 is 1.60 bits per heavy atom. The molecule has 106 valence electrons. The van der Waals surface area contributed by atoms with Gasteiger partial charge in [0.05, 0.1) is 0 Å². The predicted octanol–water partition coefficient (Wildman–Crippen LogP) is 4.17. The van der Waals surface area contributed by atoms with Gasteiger partial charge in [0.2, 0.25) is 0 Å². The predicted molar refractivity (Wildman–Crippen MR) is 82.3 cm³/mol. The van der Waals surface area contributed by atoms with E-state index in [9.17, 15) is 4.39 Å². The van der Waals surface area contributed by atoms with Crippen LogP contribution in [0.3, 0.4) is 0 Å². The largest absolute Gasteiger partial charge is 0.321 e. The molecule has 0 aliphatic heterocycles. The van der Waals surface area contributed by atoms with Crippen molar-refractivity contribution in [3.05, 3.63) is 70.0 Å². The van der Waals surface area contributed by atoms with Crippen LogP contribution in [-0.4, -0.2) is 0 Å². The second kappa shape index (κ2) is 5.37. The van der Waals surface area contributed by atoms with E-state index in [0.717, 1.165) is 5.56 Å². The summed E-state index contributed by atoms with van der Waals surface area (Å²) >= 11 is 0. The standard InChI is InChI=1S/C18H22FN/c1-12-5-7-15(9-14(12)3)11-18(4,20)16-8-6-13(2)17(19)10-16/h5-10H,11,20H2,1-4H3. The minimum absolute atomic E-state index is 0.195. The van der Waals surface area contributed by atoms with Crippen molar-refractivity contribution in [1.82, 2.24) is 0 Å². The minimum atomic E-state index is -0.573. The first-order valence-electron chi connectivity index (χ1n) is 6.91. The number of rotatable bonds is 3. The van der Waals surface area contributed by atoms with Gasteiger partial charge in [-0.15, -0.1) is 0 Å². The Labute approximate surface area is 120 Å². The van der Waals surface area contributed by atoms with E-state index in [2.05, 4.69) is 32.0 Å². The van der Waals surface area contributed by atoms with Crippen molar-refractivity contribution in [2.24, 2.45) is 5.73 Å². The van der Waals surface area contributed by atoms with Crippen molar-refractivity contribution in [1.29, 1.82) is 0 Å². The summed E-state index contributed by atoms with van der Waals surface area (Å²) in [5.41, 5.74) is 11.0. The summed E-state index contributed by atoms with van der Waals surface area (Å²) in [6.07, 6.45) is 0.691. The van der Waals surface area contributed by atoms with Crippen molar-refractivity contribution in [3.63, 3.8) is 0 Å². The number of nitrogens with two attached hydrogens (primary N) is 1. The van der Waals surface area contributed by atoms with Gasteiger partial charge in [-0.25, -0.2) is 4.39 Å². The Kier molecular flexibility index (Phi) is 3.96. The lowest BCUT2D eigenvalue weighted by molar-refractivity contribution is 0.485. The Hall–Kier alpha value is -1.67. The normalized spacial score (nSPS) is 14.1. The molecule has 0 spiro atoms. The molecule has 0 saturated heterocycles. The van der Waals surface area contributed by atoms with Gasteiger partial charge in [0, 0.05) is 5.54 Å². The van der Waals surface area contributed by atoms with Crippen LogP contribution in [0.4, 0.5) is 4.39 Å². The maximum atomic E-state index is 13.7. The van der Waals surface area contributed by atoms with E-state index in [1.54, 1.807) is 19.1 Å². The molecule has 0 saturated carbocycles. The third-order valence-corrected chi connectivity index (χ3v) is 3.97. The van der Waals surface area contributed by atoms with Gasteiger partial charge in [-0.05, 0) is 68.0 Å². The van der Waals surface area contributed by atoms with Gasteiger partial charge in [0.1, 0.15) is 5.82 Å². The van der Waals surface area contributed by atoms with E-state index in [1.165, 1.54) is 16.7 Å². The minimum Gasteiger partial charge on any atom is -0.321 e. The Balaban J connectivity index is 2.29. The maximum absolute atomic E-state index is 13.7. The molecule has 0 aromatic heterocycles. The van der Waals surface area contributed by atoms with E-state index >= 15 is 0 Å². The molecule has 1 nitrogen and oxygen atoms in total. The van der Waals surface area contributed by atoms with Gasteiger partial charge in [-0.2, -0.15) is 0 Å². The van der Waals surface area contributed by atoms with E-state index in [0.29, 0.717) is 12.0 Å². The van der Waals surface area contributed by atoms with Crippen LogP contribution in [0.1, 0.15) is 34.7 Å². The van der Waals surface area contributed by atoms with Crippen LogP contribution in [0, 0.1) is 26.6 Å². The Morgan fingerprint density at radius 3 is 2.20 bits per heavy atom. The summed E-state index contributed by atoms with van der Waals surface area (Å²) in [4.78, 5) is 0. The highest BCUT2D eigenvalue weighted by Gasteiger charge is 2.22. The molecule has 2 aromatic rings. The van der Waals surface area contributed by atoms with E-state index in [1.807, 2.05) is 13.0 Å². The fourth-order valence-corrected chi connectivity index (χ4v) is 2.39. The van der Waals surface area contributed by atoms with Crippen LogP contribution in [0.15, 0.2) is 36.4 Å². The fraction of sp³-hybridized carbons (Fsp3) is 0.333. The molecule has 2 rings (SSSR count). The molecule has 0 bridgehead atoms. The van der Waals surface area contributed by atoms with E-state index < -0.39 is 5.54 Å². The summed E-state index contributed by atoms with van der Waals surface area (Å²) < 4.78 is 13.7. The zero-order valence-electron chi connectivity index (χ0n) is 12.6. The third-order valence-electron chi connectivity index (χ3n) is 3.97. The summed E-state index contributed by atoms with van der Waals surface area (Å²) in [5.74, 6) is -0.195. The average molecular weight is 271 g/mol. The SMILES string of the molecule is Cc1ccc(CC(C)(N)c2ccc(C)c(F)c2)cc1C. The number of hydrogen-bond donors (Lipinski definition) is 1. The number of hydrogen-bond acceptors (Lipinski definition) is 1. The monoisotopic (exact) mass is 271 g/mol. The van der Waals surface area contributed by atoms with Crippen LogP contribution >= 0.6 is 0 Å². The first kappa shape index (κ1) is 14.7. The lowest BCUT2D eigenvalue weighted by Gasteiger charge is -2.26. The molecule has 0 aliphatic carbocycles. The third kappa shape index (κ3) is 3.07. The van der Waals surface area contributed by atoms with Gasteiger partial charge >= 0.3 is 0 Å². The van der Waals surface area contributed by atoms with Crippen LogP contribution in [0.25, 0.3) is 0 Å². The highest BCUT2D eigenvalue weighted by atomic mass is 19.1. The van der Waals surface area contributed by atoms with Crippen molar-refractivity contribution < 1.29 is 4.39 Å². The molecule has 2 aromatic carbocycles. The van der Waals surface area contributed by atoms with Gasteiger partial charge in [0.15, 0.2) is 0 Å². The average Bonchev–Trinajstić information content (AvgIpc) is 2.37. The lowest BCUT2D eigenvalue weighted by Crippen LogP contribution is -2.35. The van der Waals surface area contributed by atoms with Crippen molar-refractivity contribution in [2.45, 2.75) is 39.7 Å². The summed E-state index contributed by atoms with van der Waals surface area (Å²) in [5, 5.41) is 0. The van der Waals surface area contributed by atoms with Crippen LogP contribution in [0.2, 0.25) is 0 Å². The fourth-order valence-electron chi connectivity index (χ4n) is 2.39. The highest BCUT2D eigenvalue weighted by Crippen LogP contribution is 2.25. The van der Waals surface area contributed by atoms with Crippen LogP contribution in [-0.2, 0) is 12.0 Å². The number of benzene rings is 2. The van der Waals surface area contributed by atoms with Gasteiger partial charge < -0.3 is 5.73 Å². The smallest absolute Gasteiger partial charge is 0.126 e. The molecule has 0 radical (unpaired) electrons. The van der Waals surface area contributed by atoms with Gasteiger partial charge in [0.25, 0.3) is 0 Å². The molecule has 1 atom stereocenters. The first-order chi connectivity index (χ1) is 9.29. The summed E-state index contributed by atoms with van der Waals surface area (Å²) in [7, 11) is 0. The molecular formula is C18H22FN. The maximum Gasteiger partial charge on any atom is 0.126 e. The molecule has 20 heavy (non-hydrogen) atoms. The van der Waals surface area contributed by atoms with E-state index in [-0.39, 0.29) is 5.82 Å². The highest BCUT2D eigenvalue weighted by molar-refractivity contribution is 5.34. The number of halogens is 1. The van der Waals surface area contributed by atoms with Crippen LogP contribution < -0.4 is 5.73 Å². The summed E-state index contributed by atoms with van der Waals surface area (Å²) in [6.45, 7) is 7.90. The van der Waals surface area contributed by atoms with Crippen molar-refractivity contribution in [2.75, 3.05) is 0 Å². The molecule has 2 heteroatoms. The van der Waals surface area contributed by atoms with Crippen LogP contribution in [0.5, 0.6) is 0 Å². The van der Waals surface area contributed by atoms with Gasteiger partial charge in [-0.1, -0.05) is 30.3 Å². The Morgan fingerprint density at radius 1 is 0.950 bits per heavy atom. The number of aryl methyl sites for hydroxylation is 3. The van der Waals surface area contributed by atoms with E-state index in [4.69, 9.17) is 5.73 Å². The van der Waals surface area contributed by atoms with Crippen molar-refractivity contribution >= 4 is 0 Å². The topological polar surface area (TPSA) is 26.0 Å². The molecule has 0 amide bonds. The Bertz CT molecular complexity index is 629. The molecular weight excluding hydrogens is 249 g/mol. The second-order valence-corrected chi connectivity index (χ2v) is 5.98. The molecule has 2 N–H and O–H groups in total. The zero-order chi connectivity index (χ0) is 14.9. The lowest BCUT2D eigenvalue weighted by atomic mass is 9.85. The quantitative estimate of drug-likeness (QED) is 0.891. The molecule has 1 unspecified atom stereocenters. The second-order valence-electron chi connectivity index (χ2n) is 5.98. The zero-order valence-corrected chi connectivity index (χ0v) is 12.6. The van der Waals surface area contributed by atoms with Gasteiger partial charge in [-0.3, -0.25) is 0 Å².